The minimum atomic E-state index is -0.355. The number of hydrogen-bond acceptors (Lipinski definition) is 5. The summed E-state index contributed by atoms with van der Waals surface area (Å²) in [6.45, 7) is 1.06. The number of methoxy groups -OCH3 is 2. The van der Waals surface area contributed by atoms with Crippen LogP contribution in [0.15, 0.2) is 23.2 Å². The van der Waals surface area contributed by atoms with E-state index >= 15 is 0 Å². The van der Waals surface area contributed by atoms with Crippen molar-refractivity contribution in [1.29, 1.82) is 0 Å². The quantitative estimate of drug-likeness (QED) is 0.397. The molecular formula is C17H26IN3O4. The van der Waals surface area contributed by atoms with Crippen LogP contribution >= 0.6 is 24.0 Å². The number of nitrogens with two attached hydrogens (primary N) is 1. The zero-order valence-corrected chi connectivity index (χ0v) is 16.9. The third-order valence-corrected chi connectivity index (χ3v) is 4.40. The molecule has 0 radical (unpaired) electrons. The predicted octanol–water partition coefficient (Wildman–Crippen LogP) is 2.73. The van der Waals surface area contributed by atoms with Gasteiger partial charge in [0.1, 0.15) is 6.10 Å². The van der Waals surface area contributed by atoms with E-state index in [1.165, 1.54) is 12.8 Å². The first-order valence-corrected chi connectivity index (χ1v) is 8.25. The molecule has 1 unspecified atom stereocenters. The second-order valence-corrected chi connectivity index (χ2v) is 6.09. The highest BCUT2D eigenvalue weighted by Gasteiger charge is 2.43. The molecule has 1 atom stereocenters. The van der Waals surface area contributed by atoms with Gasteiger partial charge in [-0.3, -0.25) is 4.99 Å². The topological polar surface area (TPSA) is 87.3 Å². The molecule has 0 bridgehead atoms. The average Bonchev–Trinajstić information content (AvgIpc) is 3.23. The largest absolute Gasteiger partial charge is 0.493 e. The normalized spacial score (nSPS) is 21.8. The lowest BCUT2D eigenvalue weighted by Gasteiger charge is -2.21. The van der Waals surface area contributed by atoms with E-state index in [9.17, 15) is 0 Å². The Kier molecular flexibility index (Phi) is 7.14. The molecule has 1 saturated carbocycles. The van der Waals surface area contributed by atoms with E-state index in [4.69, 9.17) is 24.7 Å². The van der Waals surface area contributed by atoms with E-state index in [1.807, 2.05) is 18.2 Å². The monoisotopic (exact) mass is 463 g/mol. The Morgan fingerprint density at radius 3 is 2.68 bits per heavy atom. The van der Waals surface area contributed by atoms with E-state index in [-0.39, 0.29) is 35.9 Å². The summed E-state index contributed by atoms with van der Waals surface area (Å²) in [5.41, 5.74) is 6.74. The molecule has 1 aromatic rings. The maximum Gasteiger partial charge on any atom is 0.193 e. The van der Waals surface area contributed by atoms with Crippen molar-refractivity contribution in [3.63, 3.8) is 0 Å². The summed E-state index contributed by atoms with van der Waals surface area (Å²) < 4.78 is 22.3. The molecule has 25 heavy (non-hydrogen) atoms. The molecule has 1 saturated heterocycles. The number of hydrogen-bond donors (Lipinski definition) is 2. The first kappa shape index (κ1) is 20.1. The van der Waals surface area contributed by atoms with Crippen molar-refractivity contribution >= 4 is 35.6 Å². The molecule has 8 heteroatoms. The van der Waals surface area contributed by atoms with Gasteiger partial charge >= 0.3 is 0 Å². The SMILES string of the molecule is COc1ccc(NC(N)=NCC2COC3(CCCC3)O2)cc1OC.I. The maximum absolute atomic E-state index is 6.03. The summed E-state index contributed by atoms with van der Waals surface area (Å²) in [6, 6.07) is 5.47. The third kappa shape index (κ3) is 4.89. The number of nitrogens with one attached hydrogen (secondary N) is 1. The van der Waals surface area contributed by atoms with Crippen molar-refractivity contribution in [3.8, 4) is 11.5 Å². The molecule has 0 aromatic heterocycles. The molecule has 2 fully saturated rings. The second-order valence-electron chi connectivity index (χ2n) is 6.09. The number of nitrogens with zero attached hydrogens (tertiary/aromatic N) is 1. The van der Waals surface area contributed by atoms with E-state index in [2.05, 4.69) is 10.3 Å². The van der Waals surface area contributed by atoms with Gasteiger partial charge in [-0.05, 0) is 25.0 Å². The number of rotatable bonds is 5. The summed E-state index contributed by atoms with van der Waals surface area (Å²) in [5.74, 6) is 1.27. The number of ether oxygens (including phenoxy) is 4. The summed E-state index contributed by atoms with van der Waals surface area (Å²) in [4.78, 5) is 4.36. The highest BCUT2D eigenvalue weighted by molar-refractivity contribution is 14.0. The van der Waals surface area contributed by atoms with Crippen LogP contribution in [0.25, 0.3) is 0 Å². The zero-order valence-electron chi connectivity index (χ0n) is 14.6. The van der Waals surface area contributed by atoms with Gasteiger partial charge in [-0.25, -0.2) is 0 Å². The van der Waals surface area contributed by atoms with Crippen molar-refractivity contribution < 1.29 is 18.9 Å². The number of guanidine groups is 1. The van der Waals surface area contributed by atoms with Gasteiger partial charge in [0.2, 0.25) is 0 Å². The summed E-state index contributed by atoms with van der Waals surface area (Å²) in [7, 11) is 3.19. The van der Waals surface area contributed by atoms with Crippen LogP contribution in [0.3, 0.4) is 0 Å². The van der Waals surface area contributed by atoms with Crippen LogP contribution in [0.2, 0.25) is 0 Å². The Hall–Kier alpha value is -1.26. The summed E-state index contributed by atoms with van der Waals surface area (Å²) in [5, 5.41) is 3.05. The summed E-state index contributed by atoms with van der Waals surface area (Å²) >= 11 is 0. The first-order chi connectivity index (χ1) is 11.6. The van der Waals surface area contributed by atoms with Crippen LogP contribution in [0.4, 0.5) is 5.69 Å². The van der Waals surface area contributed by atoms with Gasteiger partial charge in [0, 0.05) is 24.6 Å². The molecule has 140 valence electrons. The maximum atomic E-state index is 6.03. The number of halogens is 1. The van der Waals surface area contributed by atoms with Crippen molar-refractivity contribution in [2.24, 2.45) is 10.7 Å². The summed E-state index contributed by atoms with van der Waals surface area (Å²) in [6.07, 6.45) is 4.26. The fraction of sp³-hybridized carbons (Fsp3) is 0.588. The lowest BCUT2D eigenvalue weighted by molar-refractivity contribution is -0.160. The minimum absolute atomic E-state index is 0. The minimum Gasteiger partial charge on any atom is -0.493 e. The Morgan fingerprint density at radius 1 is 1.28 bits per heavy atom. The van der Waals surface area contributed by atoms with E-state index < -0.39 is 0 Å². The van der Waals surface area contributed by atoms with Crippen LogP contribution < -0.4 is 20.5 Å². The Labute approximate surface area is 165 Å². The molecule has 1 aliphatic heterocycles. The van der Waals surface area contributed by atoms with E-state index in [0.29, 0.717) is 30.6 Å². The Morgan fingerprint density at radius 2 is 2.00 bits per heavy atom. The van der Waals surface area contributed by atoms with Crippen molar-refractivity contribution in [2.75, 3.05) is 32.7 Å². The van der Waals surface area contributed by atoms with E-state index in [0.717, 1.165) is 18.5 Å². The van der Waals surface area contributed by atoms with Crippen LogP contribution in [0.1, 0.15) is 25.7 Å². The standard InChI is InChI=1S/C17H25N3O4.HI/c1-21-14-6-5-12(9-15(14)22-2)20-16(18)19-10-13-11-23-17(24-13)7-3-4-8-17;/h5-6,9,13H,3-4,7-8,10-11H2,1-2H3,(H3,18,19,20);1H. The molecule has 0 amide bonds. The first-order valence-electron chi connectivity index (χ1n) is 8.25. The van der Waals surface area contributed by atoms with Gasteiger partial charge in [0.25, 0.3) is 0 Å². The Bertz CT molecular complexity index is 606. The zero-order chi connectivity index (χ0) is 17.0. The highest BCUT2D eigenvalue weighted by Crippen LogP contribution is 2.39. The number of benzene rings is 1. The van der Waals surface area contributed by atoms with Crippen molar-refractivity contribution in [2.45, 2.75) is 37.6 Å². The highest BCUT2D eigenvalue weighted by atomic mass is 127. The van der Waals surface area contributed by atoms with Crippen LogP contribution in [0.5, 0.6) is 11.5 Å². The smallest absolute Gasteiger partial charge is 0.193 e. The lowest BCUT2D eigenvalue weighted by atomic mass is 10.2. The molecule has 1 aliphatic carbocycles. The van der Waals surface area contributed by atoms with Gasteiger partial charge in [-0.1, -0.05) is 0 Å². The fourth-order valence-corrected chi connectivity index (χ4v) is 3.18. The Balaban J connectivity index is 0.00000225. The van der Waals surface area contributed by atoms with E-state index in [1.54, 1.807) is 14.2 Å². The molecule has 1 heterocycles. The van der Waals surface area contributed by atoms with Gasteiger partial charge < -0.3 is 30.0 Å². The molecule has 3 rings (SSSR count). The van der Waals surface area contributed by atoms with Gasteiger partial charge in [-0.15, -0.1) is 24.0 Å². The van der Waals surface area contributed by atoms with Gasteiger partial charge in [-0.2, -0.15) is 0 Å². The molecule has 3 N–H and O–H groups in total. The van der Waals surface area contributed by atoms with Gasteiger partial charge in [0.15, 0.2) is 23.2 Å². The van der Waals surface area contributed by atoms with Crippen molar-refractivity contribution in [1.82, 2.24) is 0 Å². The molecule has 7 nitrogen and oxygen atoms in total. The third-order valence-electron chi connectivity index (χ3n) is 4.40. The van der Waals surface area contributed by atoms with Crippen LogP contribution in [0, 0.1) is 0 Å². The predicted molar refractivity (Wildman–Crippen MR) is 107 cm³/mol. The number of anilines is 1. The molecule has 1 aromatic carbocycles. The lowest BCUT2D eigenvalue weighted by Crippen LogP contribution is -2.28. The fourth-order valence-electron chi connectivity index (χ4n) is 3.18. The van der Waals surface area contributed by atoms with Crippen LogP contribution in [-0.4, -0.2) is 45.2 Å². The number of aliphatic imine (C=N–C) groups is 1. The molecule has 1 spiro atoms. The van der Waals surface area contributed by atoms with Gasteiger partial charge in [0.05, 0.1) is 27.4 Å². The molecular weight excluding hydrogens is 437 g/mol. The second kappa shape index (κ2) is 8.91. The van der Waals surface area contributed by atoms with Crippen LogP contribution in [-0.2, 0) is 9.47 Å². The molecule has 2 aliphatic rings. The average molecular weight is 463 g/mol. The van der Waals surface area contributed by atoms with Crippen molar-refractivity contribution in [3.05, 3.63) is 18.2 Å².